The minimum Gasteiger partial charge on any atom is -1.00 e. The summed E-state index contributed by atoms with van der Waals surface area (Å²) in [6, 6.07) is 41.1. The van der Waals surface area contributed by atoms with Crippen molar-refractivity contribution in [3.8, 4) is 11.1 Å². The van der Waals surface area contributed by atoms with Gasteiger partial charge in [0.1, 0.15) is 0 Å². The Morgan fingerprint density at radius 1 is 0.600 bits per heavy atom. The molecule has 0 amide bonds. The second-order valence-corrected chi connectivity index (χ2v) is 17.5. The van der Waals surface area contributed by atoms with E-state index in [-0.39, 0.29) is 24.8 Å². The van der Waals surface area contributed by atoms with Crippen LogP contribution in [0.2, 0.25) is 0 Å². The van der Waals surface area contributed by atoms with Crippen molar-refractivity contribution >= 4 is 3.21 Å². The van der Waals surface area contributed by atoms with Crippen molar-refractivity contribution in [2.75, 3.05) is 0 Å². The zero-order valence-electron chi connectivity index (χ0n) is 23.7. The van der Waals surface area contributed by atoms with Gasteiger partial charge < -0.3 is 24.8 Å². The molecule has 6 rings (SSSR count). The van der Waals surface area contributed by atoms with E-state index >= 15 is 0 Å². The molecule has 40 heavy (non-hydrogen) atoms. The van der Waals surface area contributed by atoms with Crippen LogP contribution in [-0.4, -0.2) is 3.21 Å². The summed E-state index contributed by atoms with van der Waals surface area (Å²) in [7, 11) is 0. The molecule has 0 fully saturated rings. The van der Waals surface area contributed by atoms with Crippen molar-refractivity contribution < 1.29 is 46.1 Å². The summed E-state index contributed by atoms with van der Waals surface area (Å²) >= 11 is -2.65. The fourth-order valence-corrected chi connectivity index (χ4v) is 15.8. The minimum atomic E-state index is -2.65. The van der Waals surface area contributed by atoms with Crippen LogP contribution in [0.5, 0.6) is 0 Å². The quantitative estimate of drug-likeness (QED) is 0.302. The Bertz CT molecular complexity index is 1490. The number of halogens is 2. The third-order valence-corrected chi connectivity index (χ3v) is 16.4. The zero-order chi connectivity index (χ0) is 26.2. The van der Waals surface area contributed by atoms with Gasteiger partial charge in [-0.2, -0.15) is 0 Å². The van der Waals surface area contributed by atoms with E-state index in [0.717, 1.165) is 6.42 Å². The molecule has 3 heteroatoms. The molecule has 0 atom stereocenters. The van der Waals surface area contributed by atoms with Crippen molar-refractivity contribution in [3.63, 3.8) is 0 Å². The van der Waals surface area contributed by atoms with Gasteiger partial charge in [0.25, 0.3) is 0 Å². The van der Waals surface area contributed by atoms with Gasteiger partial charge in [0.15, 0.2) is 0 Å². The van der Waals surface area contributed by atoms with Crippen LogP contribution in [0.25, 0.3) is 11.1 Å². The van der Waals surface area contributed by atoms with Crippen molar-refractivity contribution in [1.29, 1.82) is 0 Å². The fourth-order valence-electron chi connectivity index (χ4n) is 6.53. The first kappa shape index (κ1) is 30.6. The molecule has 0 N–H and O–H groups in total. The molecule has 202 valence electrons. The predicted molar refractivity (Wildman–Crippen MR) is 159 cm³/mol. The van der Waals surface area contributed by atoms with Gasteiger partial charge in [0.2, 0.25) is 0 Å². The average molecular weight is 643 g/mol. The first-order chi connectivity index (χ1) is 18.5. The first-order valence-corrected chi connectivity index (χ1v) is 17.9. The molecular weight excluding hydrogens is 607 g/mol. The van der Waals surface area contributed by atoms with E-state index < -0.39 is 21.3 Å². The van der Waals surface area contributed by atoms with E-state index in [1.807, 2.05) is 0 Å². The Morgan fingerprint density at radius 2 is 1.05 bits per heavy atom. The third-order valence-electron chi connectivity index (χ3n) is 8.26. The molecule has 2 aliphatic rings. The van der Waals surface area contributed by atoms with Gasteiger partial charge in [-0.1, -0.05) is 0 Å². The molecule has 0 saturated carbocycles. The monoisotopic (exact) mass is 640 g/mol. The Kier molecular flexibility index (Phi) is 10.1. The summed E-state index contributed by atoms with van der Waals surface area (Å²) in [4.78, 5) is 0. The fraction of sp³-hybridized carbons (Fsp3) is 0.216. The summed E-state index contributed by atoms with van der Waals surface area (Å²) in [5.74, 6) is 1.13. The van der Waals surface area contributed by atoms with Crippen LogP contribution < -0.4 is 24.8 Å². The molecule has 2 aliphatic carbocycles. The normalized spacial score (nSPS) is 13.7. The Hall–Kier alpha value is -2.31. The van der Waals surface area contributed by atoms with Crippen LogP contribution in [0.4, 0.5) is 0 Å². The van der Waals surface area contributed by atoms with E-state index in [1.54, 1.807) is 17.6 Å². The molecule has 0 bridgehead atoms. The molecule has 0 radical (unpaired) electrons. The molecule has 4 aromatic rings. The molecule has 4 aromatic carbocycles. The van der Waals surface area contributed by atoms with E-state index in [4.69, 9.17) is 0 Å². The van der Waals surface area contributed by atoms with E-state index in [9.17, 15) is 0 Å². The maximum Gasteiger partial charge on any atom is -1.00 e. The second kappa shape index (κ2) is 13.1. The van der Waals surface area contributed by atoms with Crippen LogP contribution in [0.1, 0.15) is 60.0 Å². The standard InChI is InChI=1S/C13H9.C13H10.C11H17.2ClH.Zr/c1-3-7-12-10(5-1)9-11-6-2-4-8-13(11)12;1-3-7-12(8-4-1)11-13-9-5-2-6-10-13;1-8(2)10-6-5-7-11(10)9(3)4;;;/h1-9H;1-10H;6,8-9H,7H2,1-4H3;2*1H;/q;;;;;+2/p-2. The molecule has 0 heterocycles. The van der Waals surface area contributed by atoms with E-state index in [2.05, 4.69) is 143 Å². The van der Waals surface area contributed by atoms with Crippen LogP contribution in [0.3, 0.4) is 0 Å². The molecule has 0 nitrogen and oxygen atoms in total. The number of allylic oxidation sites excluding steroid dienone is 4. The van der Waals surface area contributed by atoms with Crippen molar-refractivity contribution in [2.24, 2.45) is 11.8 Å². The Morgan fingerprint density at radius 3 is 1.48 bits per heavy atom. The summed E-state index contributed by atoms with van der Waals surface area (Å²) in [6.45, 7) is 9.52. The van der Waals surface area contributed by atoms with Crippen molar-refractivity contribution in [1.82, 2.24) is 0 Å². The smallest absolute Gasteiger partial charge is 1.00 e. The van der Waals surface area contributed by atoms with Crippen molar-refractivity contribution in [3.05, 3.63) is 152 Å². The molecule has 0 unspecified atom stereocenters. The number of hydrogen-bond acceptors (Lipinski definition) is 0. The Labute approximate surface area is 260 Å². The molecule has 0 spiro atoms. The van der Waals surface area contributed by atoms with Crippen molar-refractivity contribution in [2.45, 2.75) is 37.7 Å². The van der Waals surface area contributed by atoms with Gasteiger partial charge in [-0.15, -0.1) is 0 Å². The third kappa shape index (κ3) is 5.59. The average Bonchev–Trinajstić information content (AvgIpc) is 3.54. The van der Waals surface area contributed by atoms with Gasteiger partial charge in [-0.25, -0.2) is 0 Å². The van der Waals surface area contributed by atoms with Gasteiger partial charge in [0.05, 0.1) is 0 Å². The van der Waals surface area contributed by atoms with Crippen LogP contribution in [0, 0.1) is 11.8 Å². The van der Waals surface area contributed by atoms with Gasteiger partial charge in [0, 0.05) is 0 Å². The van der Waals surface area contributed by atoms with Crippen LogP contribution in [0.15, 0.2) is 130 Å². The minimum absolute atomic E-state index is 0. The molecule has 0 saturated heterocycles. The second-order valence-electron chi connectivity index (χ2n) is 11.3. The number of fused-ring (bicyclic) bond motifs is 3. The largest absolute Gasteiger partial charge is 1.00 e. The summed E-state index contributed by atoms with van der Waals surface area (Å²) in [5.41, 5.74) is 12.0. The van der Waals surface area contributed by atoms with Crippen LogP contribution in [-0.2, 0) is 21.3 Å². The van der Waals surface area contributed by atoms with E-state index in [0.29, 0.717) is 15.5 Å². The number of rotatable bonds is 6. The molecule has 0 aliphatic heterocycles. The van der Waals surface area contributed by atoms with Gasteiger partial charge in [-0.05, 0) is 0 Å². The maximum atomic E-state index is 2.67. The number of hydrogen-bond donors (Lipinski definition) is 0. The van der Waals surface area contributed by atoms with Crippen LogP contribution >= 0.6 is 0 Å². The summed E-state index contributed by atoms with van der Waals surface area (Å²) in [5, 5.41) is 0. The van der Waals surface area contributed by atoms with E-state index in [1.165, 1.54) is 33.4 Å². The summed E-state index contributed by atoms with van der Waals surface area (Å²) < 4.78 is 3.84. The SMILES string of the molecule is CC(C)C1=C(C(C)C)C[C]([Zr+2](=[C](c2ccccc2)c2ccccc2)[CH]2c3ccccc3-c3ccccc32)=C1.[Cl-].[Cl-]. The predicted octanol–water partition coefficient (Wildman–Crippen LogP) is 3.55. The summed E-state index contributed by atoms with van der Waals surface area (Å²) in [6.07, 6.45) is 3.81. The first-order valence-electron chi connectivity index (χ1n) is 14.0. The molecular formula is C37H36Cl2Zr. The zero-order valence-corrected chi connectivity index (χ0v) is 27.6. The molecule has 0 aromatic heterocycles. The van der Waals surface area contributed by atoms with Gasteiger partial charge in [-0.3, -0.25) is 0 Å². The number of benzene rings is 4. The topological polar surface area (TPSA) is 0 Å². The van der Waals surface area contributed by atoms with Gasteiger partial charge >= 0.3 is 237 Å². The maximum absolute atomic E-state index is 2.67. The Balaban J connectivity index is 0.00000185.